The van der Waals surface area contributed by atoms with E-state index in [0.29, 0.717) is 11.7 Å². The number of aliphatic hydroxyl groups excluding tert-OH is 1. The van der Waals surface area contributed by atoms with E-state index in [1.165, 1.54) is 11.3 Å². The molecule has 0 aliphatic carbocycles. The number of aryl methyl sites for hydroxylation is 1. The van der Waals surface area contributed by atoms with Crippen LogP contribution in [-0.2, 0) is 9.22 Å². The second kappa shape index (κ2) is 7.21. The Morgan fingerprint density at radius 2 is 2.17 bits per heavy atom. The first kappa shape index (κ1) is 19.5. The first-order chi connectivity index (χ1) is 11.0. The Morgan fingerprint density at radius 1 is 1.54 bits per heavy atom. The fourth-order valence-electron chi connectivity index (χ4n) is 2.27. The maximum absolute atomic E-state index is 12.0. The molecule has 1 aliphatic heterocycles. The third-order valence-electron chi connectivity index (χ3n) is 4.78. The molecule has 0 spiro atoms. The minimum Gasteiger partial charge on any atom is -0.411 e. The van der Waals surface area contributed by atoms with Gasteiger partial charge in [0, 0.05) is 30.7 Å². The SMILES string of the molecule is Cc1cnc(NC(=O)C(O)CN2CC(O[Si](C)(C)C(C)(C)C)C2)s1. The van der Waals surface area contributed by atoms with E-state index in [9.17, 15) is 9.90 Å². The summed E-state index contributed by atoms with van der Waals surface area (Å²) < 4.78 is 6.32. The van der Waals surface area contributed by atoms with E-state index in [1.54, 1.807) is 6.20 Å². The highest BCUT2D eigenvalue weighted by molar-refractivity contribution is 7.15. The van der Waals surface area contributed by atoms with Gasteiger partial charge < -0.3 is 9.53 Å². The molecule has 1 saturated heterocycles. The number of hydrogen-bond acceptors (Lipinski definition) is 6. The summed E-state index contributed by atoms with van der Waals surface area (Å²) in [6, 6.07) is 0. The molecule has 0 radical (unpaired) electrons. The number of β-amino-alcohol motifs (C(OH)–C–C–N with tert-alkyl or cyclic N) is 1. The van der Waals surface area contributed by atoms with Crippen LogP contribution in [0.15, 0.2) is 6.20 Å². The summed E-state index contributed by atoms with van der Waals surface area (Å²) >= 11 is 1.40. The molecule has 8 heteroatoms. The van der Waals surface area contributed by atoms with E-state index in [1.807, 2.05) is 6.92 Å². The van der Waals surface area contributed by atoms with Gasteiger partial charge in [0.05, 0.1) is 6.10 Å². The van der Waals surface area contributed by atoms with Crippen molar-refractivity contribution in [3.8, 4) is 0 Å². The Kier molecular flexibility index (Phi) is 5.86. The van der Waals surface area contributed by atoms with Crippen molar-refractivity contribution >= 4 is 30.7 Å². The van der Waals surface area contributed by atoms with Crippen molar-refractivity contribution in [2.24, 2.45) is 0 Å². The molecule has 1 aromatic rings. The van der Waals surface area contributed by atoms with Gasteiger partial charge in [0.1, 0.15) is 6.10 Å². The summed E-state index contributed by atoms with van der Waals surface area (Å²) in [7, 11) is -1.75. The van der Waals surface area contributed by atoms with Crippen LogP contribution in [0, 0.1) is 6.92 Å². The lowest BCUT2D eigenvalue weighted by Crippen LogP contribution is -2.59. The lowest BCUT2D eigenvalue weighted by atomic mass is 10.1. The summed E-state index contributed by atoms with van der Waals surface area (Å²) in [4.78, 5) is 19.1. The van der Waals surface area contributed by atoms with Crippen molar-refractivity contribution in [1.82, 2.24) is 9.88 Å². The van der Waals surface area contributed by atoms with E-state index in [-0.39, 0.29) is 11.1 Å². The number of nitrogens with zero attached hydrogens (tertiary/aromatic N) is 2. The van der Waals surface area contributed by atoms with Gasteiger partial charge in [-0.2, -0.15) is 0 Å². The van der Waals surface area contributed by atoms with Crippen LogP contribution in [0.1, 0.15) is 25.6 Å². The Morgan fingerprint density at radius 3 is 2.67 bits per heavy atom. The normalized spacial score (nSPS) is 18.3. The number of amides is 1. The average Bonchev–Trinajstić information content (AvgIpc) is 2.79. The largest absolute Gasteiger partial charge is 0.411 e. The molecule has 24 heavy (non-hydrogen) atoms. The van der Waals surface area contributed by atoms with Gasteiger partial charge in [-0.05, 0) is 25.1 Å². The molecule has 1 aliphatic rings. The molecule has 2 N–H and O–H groups in total. The Hall–Kier alpha value is -0.803. The standard InChI is InChI=1S/C16H29N3O3SSi/c1-11-7-17-15(23-11)18-14(21)13(20)10-19-8-12(9-19)22-24(5,6)16(2,3)4/h7,12-13,20H,8-10H2,1-6H3,(H,17,18,21). The summed E-state index contributed by atoms with van der Waals surface area (Å²) in [6.07, 6.45) is 0.857. The molecule has 1 unspecified atom stereocenters. The number of aromatic nitrogens is 1. The zero-order chi connectivity index (χ0) is 18.1. The third-order valence-corrected chi connectivity index (χ3v) is 10.1. The van der Waals surface area contributed by atoms with Crippen molar-refractivity contribution in [3.63, 3.8) is 0 Å². The number of anilines is 1. The van der Waals surface area contributed by atoms with Gasteiger partial charge in [-0.1, -0.05) is 20.8 Å². The quantitative estimate of drug-likeness (QED) is 0.752. The minimum absolute atomic E-state index is 0.193. The van der Waals surface area contributed by atoms with Crippen molar-refractivity contribution in [2.45, 2.75) is 58.0 Å². The summed E-state index contributed by atoms with van der Waals surface area (Å²) in [6.45, 7) is 15.0. The first-order valence-electron chi connectivity index (χ1n) is 8.29. The smallest absolute Gasteiger partial charge is 0.256 e. The van der Waals surface area contributed by atoms with Gasteiger partial charge >= 0.3 is 0 Å². The lowest BCUT2D eigenvalue weighted by Gasteiger charge is -2.46. The second-order valence-corrected chi connectivity index (χ2v) is 14.0. The van der Waals surface area contributed by atoms with Crippen LogP contribution >= 0.6 is 11.3 Å². The molecule has 1 aromatic heterocycles. The maximum atomic E-state index is 12.0. The van der Waals surface area contributed by atoms with Crippen LogP contribution in [0.2, 0.25) is 18.1 Å². The van der Waals surface area contributed by atoms with E-state index in [4.69, 9.17) is 4.43 Å². The van der Waals surface area contributed by atoms with Gasteiger partial charge in [0.25, 0.3) is 5.91 Å². The van der Waals surface area contributed by atoms with Gasteiger partial charge in [-0.3, -0.25) is 15.0 Å². The predicted molar refractivity (Wildman–Crippen MR) is 100.0 cm³/mol. The van der Waals surface area contributed by atoms with Crippen LogP contribution in [0.5, 0.6) is 0 Å². The minimum atomic E-state index is -1.75. The molecule has 0 saturated carbocycles. The molecule has 1 fully saturated rings. The van der Waals surface area contributed by atoms with Crippen molar-refractivity contribution in [1.29, 1.82) is 0 Å². The second-order valence-electron chi connectivity index (χ2n) is 8.00. The number of carbonyl (C=O) groups excluding carboxylic acids is 1. The van der Waals surface area contributed by atoms with Gasteiger partial charge in [0.15, 0.2) is 13.4 Å². The zero-order valence-corrected chi connectivity index (χ0v) is 17.2. The fourth-order valence-corrected chi connectivity index (χ4v) is 4.27. The van der Waals surface area contributed by atoms with Crippen LogP contribution in [0.25, 0.3) is 0 Å². The number of likely N-dealkylation sites (tertiary alicyclic amines) is 1. The van der Waals surface area contributed by atoms with E-state index in [2.05, 4.69) is 49.1 Å². The van der Waals surface area contributed by atoms with Crippen molar-refractivity contribution < 1.29 is 14.3 Å². The number of hydrogen-bond donors (Lipinski definition) is 2. The molecule has 1 atom stereocenters. The van der Waals surface area contributed by atoms with Crippen LogP contribution < -0.4 is 5.32 Å². The molecular weight excluding hydrogens is 342 g/mol. The number of rotatable bonds is 6. The molecule has 2 rings (SSSR count). The summed E-state index contributed by atoms with van der Waals surface area (Å²) in [5.41, 5.74) is 0. The zero-order valence-electron chi connectivity index (χ0n) is 15.4. The number of carbonyl (C=O) groups is 1. The summed E-state index contributed by atoms with van der Waals surface area (Å²) in [5, 5.41) is 13.4. The fraction of sp³-hybridized carbons (Fsp3) is 0.750. The Balaban J connectivity index is 1.73. The highest BCUT2D eigenvalue weighted by atomic mass is 32.1. The molecule has 0 aromatic carbocycles. The topological polar surface area (TPSA) is 74.7 Å². The molecular formula is C16H29N3O3SSi. The number of nitrogens with one attached hydrogen (secondary N) is 1. The maximum Gasteiger partial charge on any atom is 0.256 e. The van der Waals surface area contributed by atoms with Crippen LogP contribution in [-0.4, -0.2) is 61.1 Å². The monoisotopic (exact) mass is 371 g/mol. The lowest BCUT2D eigenvalue weighted by molar-refractivity contribution is -0.126. The molecule has 2 heterocycles. The molecule has 0 bridgehead atoms. The van der Waals surface area contributed by atoms with Gasteiger partial charge in [0.2, 0.25) is 0 Å². The van der Waals surface area contributed by atoms with Gasteiger partial charge in [-0.25, -0.2) is 4.98 Å². The molecule has 1 amide bonds. The van der Waals surface area contributed by atoms with E-state index >= 15 is 0 Å². The van der Waals surface area contributed by atoms with E-state index < -0.39 is 20.3 Å². The highest BCUT2D eigenvalue weighted by Gasteiger charge is 2.42. The Bertz CT molecular complexity index is 579. The highest BCUT2D eigenvalue weighted by Crippen LogP contribution is 2.38. The van der Waals surface area contributed by atoms with Crippen molar-refractivity contribution in [3.05, 3.63) is 11.1 Å². The Labute approximate surface area is 149 Å². The molecule has 6 nitrogen and oxygen atoms in total. The number of thiazole rings is 1. The third kappa shape index (κ3) is 4.86. The van der Waals surface area contributed by atoms with Crippen molar-refractivity contribution in [2.75, 3.05) is 25.0 Å². The van der Waals surface area contributed by atoms with Crippen LogP contribution in [0.4, 0.5) is 5.13 Å². The summed E-state index contributed by atoms with van der Waals surface area (Å²) in [5.74, 6) is -0.405. The van der Waals surface area contributed by atoms with E-state index in [0.717, 1.165) is 18.0 Å². The predicted octanol–water partition coefficient (Wildman–Crippen LogP) is 2.46. The van der Waals surface area contributed by atoms with Crippen LogP contribution in [0.3, 0.4) is 0 Å². The number of aliphatic hydroxyl groups is 1. The average molecular weight is 372 g/mol. The van der Waals surface area contributed by atoms with Gasteiger partial charge in [-0.15, -0.1) is 11.3 Å². The molecule has 136 valence electrons. The first-order valence-corrected chi connectivity index (χ1v) is 12.0.